The van der Waals surface area contributed by atoms with Crippen molar-refractivity contribution in [3.8, 4) is 0 Å². The molecule has 0 aromatic heterocycles. The molecule has 1 amide bonds. The summed E-state index contributed by atoms with van der Waals surface area (Å²) in [4.78, 5) is 11.8. The lowest BCUT2D eigenvalue weighted by Crippen LogP contribution is -2.25. The van der Waals surface area contributed by atoms with E-state index in [-0.39, 0.29) is 16.1 Å². The average Bonchev–Trinajstić information content (AvgIpc) is 2.59. The van der Waals surface area contributed by atoms with Gasteiger partial charge in [0, 0.05) is 6.54 Å². The molecule has 2 aromatic carbocycles. The maximum Gasteiger partial charge on any atom is 0.416 e. The van der Waals surface area contributed by atoms with Crippen molar-refractivity contribution in [3.05, 3.63) is 59.7 Å². The van der Waals surface area contributed by atoms with Crippen LogP contribution in [0.15, 0.2) is 53.4 Å². The van der Waals surface area contributed by atoms with Gasteiger partial charge in [0.05, 0.1) is 21.7 Å². The van der Waals surface area contributed by atoms with Crippen LogP contribution in [0.2, 0.25) is 0 Å². The van der Waals surface area contributed by atoms with Gasteiger partial charge in [-0.15, -0.1) is 0 Å². The molecule has 26 heavy (non-hydrogen) atoms. The second-order valence-electron chi connectivity index (χ2n) is 5.43. The monoisotopic (exact) mass is 386 g/mol. The summed E-state index contributed by atoms with van der Waals surface area (Å²) in [7, 11) is -4.15. The van der Waals surface area contributed by atoms with Gasteiger partial charge in [0.25, 0.3) is 15.9 Å². The van der Waals surface area contributed by atoms with Crippen molar-refractivity contribution in [2.45, 2.75) is 24.4 Å². The van der Waals surface area contributed by atoms with Crippen molar-refractivity contribution in [3.63, 3.8) is 0 Å². The Morgan fingerprint density at radius 1 is 1.04 bits per heavy atom. The van der Waals surface area contributed by atoms with Crippen LogP contribution in [-0.4, -0.2) is 20.9 Å². The van der Waals surface area contributed by atoms with Gasteiger partial charge < -0.3 is 5.32 Å². The van der Waals surface area contributed by atoms with E-state index in [1.807, 2.05) is 6.92 Å². The Balaban J connectivity index is 2.29. The van der Waals surface area contributed by atoms with Crippen molar-refractivity contribution < 1.29 is 26.4 Å². The van der Waals surface area contributed by atoms with Gasteiger partial charge in [0.1, 0.15) is 0 Å². The smallest absolute Gasteiger partial charge is 0.352 e. The minimum absolute atomic E-state index is 0.0426. The van der Waals surface area contributed by atoms with Gasteiger partial charge in [0.2, 0.25) is 0 Å². The molecular formula is C17H17F3N2O3S. The summed E-state index contributed by atoms with van der Waals surface area (Å²) in [6.07, 6.45) is -3.84. The highest BCUT2D eigenvalue weighted by atomic mass is 32.2. The van der Waals surface area contributed by atoms with Crippen LogP contribution in [0.3, 0.4) is 0 Å². The van der Waals surface area contributed by atoms with E-state index in [0.717, 1.165) is 12.1 Å². The maximum absolute atomic E-state index is 12.6. The molecule has 0 radical (unpaired) electrons. The molecule has 9 heteroatoms. The van der Waals surface area contributed by atoms with Gasteiger partial charge >= 0.3 is 6.18 Å². The molecule has 0 fully saturated rings. The summed E-state index contributed by atoms with van der Waals surface area (Å²) in [6.45, 7) is 2.30. The first kappa shape index (κ1) is 19.8. The van der Waals surface area contributed by atoms with E-state index in [0.29, 0.717) is 25.1 Å². The number of hydrogen-bond donors (Lipinski definition) is 2. The molecule has 2 aromatic rings. The van der Waals surface area contributed by atoms with Crippen LogP contribution in [0.1, 0.15) is 29.3 Å². The summed E-state index contributed by atoms with van der Waals surface area (Å²) >= 11 is 0. The third kappa shape index (κ3) is 4.75. The van der Waals surface area contributed by atoms with Crippen LogP contribution in [0.4, 0.5) is 18.9 Å². The Labute approximate surface area is 149 Å². The third-order valence-corrected chi connectivity index (χ3v) is 4.82. The van der Waals surface area contributed by atoms with E-state index in [1.54, 1.807) is 12.1 Å². The van der Waals surface area contributed by atoms with Crippen LogP contribution < -0.4 is 10.0 Å². The van der Waals surface area contributed by atoms with E-state index in [1.165, 1.54) is 12.1 Å². The molecule has 0 aliphatic carbocycles. The molecule has 0 spiro atoms. The fourth-order valence-electron chi connectivity index (χ4n) is 2.13. The quantitative estimate of drug-likeness (QED) is 0.796. The maximum atomic E-state index is 12.6. The summed E-state index contributed by atoms with van der Waals surface area (Å²) in [5, 5.41) is 2.64. The Morgan fingerprint density at radius 3 is 2.23 bits per heavy atom. The van der Waals surface area contributed by atoms with Gasteiger partial charge in [-0.3, -0.25) is 9.52 Å². The zero-order valence-electron chi connectivity index (χ0n) is 13.8. The first-order valence-corrected chi connectivity index (χ1v) is 9.21. The molecule has 0 atom stereocenters. The van der Waals surface area contributed by atoms with Crippen molar-refractivity contribution >= 4 is 21.6 Å². The van der Waals surface area contributed by atoms with Crippen molar-refractivity contribution in [1.82, 2.24) is 5.32 Å². The largest absolute Gasteiger partial charge is 0.416 e. The van der Waals surface area contributed by atoms with Crippen LogP contribution in [0, 0.1) is 0 Å². The van der Waals surface area contributed by atoms with E-state index in [2.05, 4.69) is 10.0 Å². The Bertz CT molecular complexity index is 879. The third-order valence-electron chi connectivity index (χ3n) is 3.44. The lowest BCUT2D eigenvalue weighted by molar-refractivity contribution is -0.137. The Hall–Kier alpha value is -2.55. The molecule has 0 heterocycles. The summed E-state index contributed by atoms with van der Waals surface area (Å²) in [5.74, 6) is -0.447. The lowest BCUT2D eigenvalue weighted by Gasteiger charge is -2.13. The molecule has 0 saturated heterocycles. The highest BCUT2D eigenvalue weighted by molar-refractivity contribution is 7.92. The summed E-state index contributed by atoms with van der Waals surface area (Å²) < 4.78 is 64.9. The van der Waals surface area contributed by atoms with Crippen LogP contribution in [-0.2, 0) is 16.2 Å². The van der Waals surface area contributed by atoms with E-state index < -0.39 is 27.7 Å². The number of carbonyl (C=O) groups is 1. The first-order chi connectivity index (χ1) is 12.1. The molecular weight excluding hydrogens is 369 g/mol. The minimum atomic E-state index is -4.56. The van der Waals surface area contributed by atoms with Gasteiger partial charge in [-0.2, -0.15) is 13.2 Å². The second-order valence-corrected chi connectivity index (χ2v) is 7.11. The molecule has 0 saturated carbocycles. The SMILES string of the molecule is CCCNC(=O)c1ccccc1NS(=O)(=O)c1ccc(C(F)(F)F)cc1. The minimum Gasteiger partial charge on any atom is -0.352 e. The van der Waals surface area contributed by atoms with Crippen LogP contribution in [0.5, 0.6) is 0 Å². The Kier molecular flexibility index (Phi) is 5.91. The van der Waals surface area contributed by atoms with Gasteiger partial charge in [0.15, 0.2) is 0 Å². The fourth-order valence-corrected chi connectivity index (χ4v) is 3.21. The van der Waals surface area contributed by atoms with Gasteiger partial charge in [-0.25, -0.2) is 8.42 Å². The molecule has 140 valence electrons. The first-order valence-electron chi connectivity index (χ1n) is 7.72. The predicted molar refractivity (Wildman–Crippen MR) is 91.3 cm³/mol. The number of hydrogen-bond acceptors (Lipinski definition) is 3. The average molecular weight is 386 g/mol. The standard InChI is InChI=1S/C17H17F3N2O3S/c1-2-11-21-16(23)14-5-3-4-6-15(14)22-26(24,25)13-9-7-12(8-10-13)17(18,19)20/h3-10,22H,2,11H2,1H3,(H,21,23). The molecule has 0 aliphatic heterocycles. The summed E-state index contributed by atoms with van der Waals surface area (Å²) in [6, 6.07) is 9.09. The van der Waals surface area contributed by atoms with E-state index in [4.69, 9.17) is 0 Å². The zero-order chi connectivity index (χ0) is 19.4. The molecule has 0 unspecified atom stereocenters. The fraction of sp³-hybridized carbons (Fsp3) is 0.235. The van der Waals surface area contributed by atoms with Crippen molar-refractivity contribution in [2.24, 2.45) is 0 Å². The summed E-state index contributed by atoms with van der Waals surface area (Å²) in [5.41, 5.74) is -0.784. The number of rotatable bonds is 6. The van der Waals surface area contributed by atoms with E-state index >= 15 is 0 Å². The lowest BCUT2D eigenvalue weighted by atomic mass is 10.1. The van der Waals surface area contributed by atoms with Crippen LogP contribution >= 0.6 is 0 Å². The number of alkyl halides is 3. The number of carbonyl (C=O) groups excluding carboxylic acids is 1. The van der Waals surface area contributed by atoms with Crippen molar-refractivity contribution in [1.29, 1.82) is 0 Å². The number of amides is 1. The van der Waals surface area contributed by atoms with Crippen molar-refractivity contribution in [2.75, 3.05) is 11.3 Å². The highest BCUT2D eigenvalue weighted by Gasteiger charge is 2.30. The molecule has 2 rings (SSSR count). The molecule has 0 bridgehead atoms. The van der Waals surface area contributed by atoms with Gasteiger partial charge in [-0.05, 0) is 42.8 Å². The number of benzene rings is 2. The Morgan fingerprint density at radius 2 is 1.65 bits per heavy atom. The number of para-hydroxylation sites is 1. The van der Waals surface area contributed by atoms with E-state index in [9.17, 15) is 26.4 Å². The molecule has 5 nitrogen and oxygen atoms in total. The molecule has 2 N–H and O–H groups in total. The number of nitrogens with one attached hydrogen (secondary N) is 2. The van der Waals surface area contributed by atoms with Gasteiger partial charge in [-0.1, -0.05) is 19.1 Å². The van der Waals surface area contributed by atoms with Crippen LogP contribution in [0.25, 0.3) is 0 Å². The molecule has 0 aliphatic rings. The number of halogens is 3. The topological polar surface area (TPSA) is 75.3 Å². The number of anilines is 1. The zero-order valence-corrected chi connectivity index (χ0v) is 14.6. The predicted octanol–water partition coefficient (Wildman–Crippen LogP) is 3.65. The normalized spacial score (nSPS) is 11.8. The number of sulfonamides is 1. The highest BCUT2D eigenvalue weighted by Crippen LogP contribution is 2.30. The second kappa shape index (κ2) is 7.77.